The molecule has 1 aromatic heterocycles. The molecule has 2 rings (SSSR count). The summed E-state index contributed by atoms with van der Waals surface area (Å²) in [5.74, 6) is 0. The van der Waals surface area contributed by atoms with Crippen LogP contribution in [-0.2, 0) is 0 Å². The van der Waals surface area contributed by atoms with Crippen molar-refractivity contribution in [3.63, 3.8) is 0 Å². The number of hydrogen-bond acceptors (Lipinski definition) is 3. The lowest BCUT2D eigenvalue weighted by Crippen LogP contribution is -2.24. The van der Waals surface area contributed by atoms with Crippen LogP contribution in [0.1, 0.15) is 12.1 Å². The molecule has 0 fully saturated rings. The number of benzene rings is 1. The summed E-state index contributed by atoms with van der Waals surface area (Å²) >= 11 is 0. The van der Waals surface area contributed by atoms with Crippen LogP contribution in [0.25, 0.3) is 10.9 Å². The molecule has 1 heterocycles. The first-order valence-corrected chi connectivity index (χ1v) is 6.21. The van der Waals surface area contributed by atoms with Crippen LogP contribution in [0.4, 0.5) is 24.5 Å². The molecular weight excluding hydrogens is 267 g/mol. The number of aromatic nitrogens is 1. The van der Waals surface area contributed by atoms with Crippen molar-refractivity contribution in [1.29, 1.82) is 0 Å². The van der Waals surface area contributed by atoms with Crippen molar-refractivity contribution in [2.24, 2.45) is 0 Å². The van der Waals surface area contributed by atoms with Gasteiger partial charge in [0.1, 0.15) is 0 Å². The van der Waals surface area contributed by atoms with Gasteiger partial charge in [0.15, 0.2) is 0 Å². The summed E-state index contributed by atoms with van der Waals surface area (Å²) in [6, 6.07) is 7.02. The van der Waals surface area contributed by atoms with Gasteiger partial charge >= 0.3 is 6.18 Å². The lowest BCUT2D eigenvalue weighted by molar-refractivity contribution is -0.132. The van der Waals surface area contributed by atoms with Crippen molar-refractivity contribution in [2.75, 3.05) is 24.2 Å². The van der Waals surface area contributed by atoms with Crippen LogP contribution in [0.3, 0.4) is 0 Å². The summed E-state index contributed by atoms with van der Waals surface area (Å²) in [5.41, 5.74) is 8.51. The van der Waals surface area contributed by atoms with Crippen LogP contribution in [0, 0.1) is 6.92 Å². The monoisotopic (exact) mass is 283 g/mol. The third-order valence-corrected chi connectivity index (χ3v) is 3.08. The molecule has 20 heavy (non-hydrogen) atoms. The maximum atomic E-state index is 12.3. The van der Waals surface area contributed by atoms with Crippen LogP contribution in [-0.4, -0.2) is 24.8 Å². The Kier molecular flexibility index (Phi) is 3.74. The molecule has 108 valence electrons. The smallest absolute Gasteiger partial charge is 0.390 e. The Balaban J connectivity index is 2.39. The largest absolute Gasteiger partial charge is 0.399 e. The predicted octanol–water partition coefficient (Wildman–Crippen LogP) is 3.51. The first-order chi connectivity index (χ1) is 9.26. The van der Waals surface area contributed by atoms with E-state index in [-0.39, 0.29) is 6.54 Å². The second-order valence-electron chi connectivity index (χ2n) is 4.85. The molecule has 0 saturated carbocycles. The minimum atomic E-state index is -4.16. The van der Waals surface area contributed by atoms with Crippen molar-refractivity contribution in [3.8, 4) is 0 Å². The summed E-state index contributed by atoms with van der Waals surface area (Å²) in [7, 11) is 1.64. The zero-order valence-electron chi connectivity index (χ0n) is 11.3. The van der Waals surface area contributed by atoms with Crippen molar-refractivity contribution >= 4 is 22.3 Å². The lowest BCUT2D eigenvalue weighted by Gasteiger charge is -2.22. The molecule has 0 spiro atoms. The normalized spacial score (nSPS) is 11.8. The number of nitrogens with two attached hydrogens (primary N) is 1. The van der Waals surface area contributed by atoms with Crippen LogP contribution >= 0.6 is 0 Å². The summed E-state index contributed by atoms with van der Waals surface area (Å²) in [6.45, 7) is 1.72. The highest BCUT2D eigenvalue weighted by molar-refractivity contribution is 5.93. The molecule has 2 aromatic rings. The zero-order valence-corrected chi connectivity index (χ0v) is 11.3. The van der Waals surface area contributed by atoms with E-state index in [9.17, 15) is 13.2 Å². The number of anilines is 2. The fourth-order valence-electron chi connectivity index (χ4n) is 2.08. The Morgan fingerprint density at radius 3 is 2.60 bits per heavy atom. The van der Waals surface area contributed by atoms with E-state index in [1.807, 2.05) is 6.92 Å². The van der Waals surface area contributed by atoms with Crippen molar-refractivity contribution < 1.29 is 13.2 Å². The highest BCUT2D eigenvalue weighted by Crippen LogP contribution is 2.29. The molecule has 2 N–H and O–H groups in total. The first kappa shape index (κ1) is 14.4. The Labute approximate surface area is 115 Å². The van der Waals surface area contributed by atoms with Gasteiger partial charge in [-0.1, -0.05) is 0 Å². The standard InChI is InChI=1S/C14H16F3N3/c1-9-7-13(20(2)6-5-14(15,16)17)11-8-10(18)3-4-12(11)19-9/h3-4,7-8H,5-6,18H2,1-2H3. The highest BCUT2D eigenvalue weighted by Gasteiger charge is 2.27. The molecule has 0 bridgehead atoms. The van der Waals surface area contributed by atoms with Gasteiger partial charge in [-0.2, -0.15) is 13.2 Å². The third kappa shape index (κ3) is 3.31. The summed E-state index contributed by atoms with van der Waals surface area (Å²) in [4.78, 5) is 5.95. The number of alkyl halides is 3. The molecule has 0 radical (unpaired) electrons. The van der Waals surface area contributed by atoms with E-state index in [1.165, 1.54) is 0 Å². The van der Waals surface area contributed by atoms with Gasteiger partial charge in [0.25, 0.3) is 0 Å². The van der Waals surface area contributed by atoms with Crippen molar-refractivity contribution in [3.05, 3.63) is 30.0 Å². The van der Waals surface area contributed by atoms with Crippen LogP contribution in [0.5, 0.6) is 0 Å². The molecular formula is C14H16F3N3. The minimum absolute atomic E-state index is 0.100. The summed E-state index contributed by atoms with van der Waals surface area (Å²) in [5, 5.41) is 0.764. The topological polar surface area (TPSA) is 42.1 Å². The second-order valence-corrected chi connectivity index (χ2v) is 4.85. The predicted molar refractivity (Wildman–Crippen MR) is 74.8 cm³/mol. The first-order valence-electron chi connectivity index (χ1n) is 6.21. The van der Waals surface area contributed by atoms with E-state index in [0.717, 1.165) is 16.6 Å². The maximum Gasteiger partial charge on any atom is 0.390 e. The Hall–Kier alpha value is -1.98. The van der Waals surface area contributed by atoms with Gasteiger partial charge in [-0.05, 0) is 31.2 Å². The van der Waals surface area contributed by atoms with E-state index in [0.29, 0.717) is 11.4 Å². The van der Waals surface area contributed by atoms with E-state index in [1.54, 1.807) is 36.2 Å². The molecule has 1 aromatic carbocycles. The average molecular weight is 283 g/mol. The zero-order chi connectivity index (χ0) is 14.9. The molecule has 3 nitrogen and oxygen atoms in total. The fraction of sp³-hybridized carbons (Fsp3) is 0.357. The number of rotatable bonds is 3. The van der Waals surface area contributed by atoms with Gasteiger partial charge in [0.2, 0.25) is 0 Å². The number of nitrogens with zero attached hydrogens (tertiary/aromatic N) is 2. The number of nitrogen functional groups attached to an aromatic ring is 1. The third-order valence-electron chi connectivity index (χ3n) is 3.08. The van der Waals surface area contributed by atoms with Gasteiger partial charge in [0, 0.05) is 36.0 Å². The van der Waals surface area contributed by atoms with Crippen LogP contribution < -0.4 is 10.6 Å². The highest BCUT2D eigenvalue weighted by atomic mass is 19.4. The molecule has 0 saturated heterocycles. The van der Waals surface area contributed by atoms with E-state index < -0.39 is 12.6 Å². The van der Waals surface area contributed by atoms with E-state index in [2.05, 4.69) is 4.98 Å². The number of aryl methyl sites for hydroxylation is 1. The van der Waals surface area contributed by atoms with Gasteiger partial charge in [0.05, 0.1) is 11.9 Å². The van der Waals surface area contributed by atoms with Gasteiger partial charge < -0.3 is 10.6 Å². The molecule has 0 aliphatic rings. The average Bonchev–Trinajstić information content (AvgIpc) is 2.34. The quantitative estimate of drug-likeness (QED) is 0.876. The maximum absolute atomic E-state index is 12.3. The van der Waals surface area contributed by atoms with Gasteiger partial charge in [-0.3, -0.25) is 4.98 Å². The Bertz CT molecular complexity index is 623. The van der Waals surface area contributed by atoms with Crippen LogP contribution in [0.15, 0.2) is 24.3 Å². The van der Waals surface area contributed by atoms with Crippen molar-refractivity contribution in [2.45, 2.75) is 19.5 Å². The van der Waals surface area contributed by atoms with Crippen LogP contribution in [0.2, 0.25) is 0 Å². The number of halogens is 3. The molecule has 0 unspecified atom stereocenters. The van der Waals surface area contributed by atoms with Crippen molar-refractivity contribution in [1.82, 2.24) is 4.98 Å². The Morgan fingerprint density at radius 2 is 1.95 bits per heavy atom. The molecule has 6 heteroatoms. The summed E-state index contributed by atoms with van der Waals surface area (Å²) in [6.07, 6.45) is -5.01. The SMILES string of the molecule is Cc1cc(N(C)CCC(F)(F)F)c2cc(N)ccc2n1. The minimum Gasteiger partial charge on any atom is -0.399 e. The lowest BCUT2D eigenvalue weighted by atomic mass is 10.1. The molecule has 0 aliphatic heterocycles. The summed E-state index contributed by atoms with van der Waals surface area (Å²) < 4.78 is 37.0. The number of fused-ring (bicyclic) bond motifs is 1. The molecule has 0 aliphatic carbocycles. The van der Waals surface area contributed by atoms with Gasteiger partial charge in [-0.15, -0.1) is 0 Å². The fourth-order valence-corrected chi connectivity index (χ4v) is 2.08. The number of hydrogen-bond donors (Lipinski definition) is 1. The molecule has 0 atom stereocenters. The molecule has 0 amide bonds. The van der Waals surface area contributed by atoms with E-state index in [4.69, 9.17) is 5.73 Å². The van der Waals surface area contributed by atoms with Gasteiger partial charge in [-0.25, -0.2) is 0 Å². The van der Waals surface area contributed by atoms with E-state index >= 15 is 0 Å². The Morgan fingerprint density at radius 1 is 1.25 bits per heavy atom. The number of pyridine rings is 1. The second kappa shape index (κ2) is 5.19.